The fourth-order valence-electron chi connectivity index (χ4n) is 2.84. The van der Waals surface area contributed by atoms with Gasteiger partial charge in [-0.3, -0.25) is 9.59 Å². The SMILES string of the molecule is CC(C)CC(NC(=O)CNC(=O)CC1CCCCC1)C(=O)O. The number of carboxylic acids is 1. The van der Waals surface area contributed by atoms with Gasteiger partial charge in [-0.2, -0.15) is 0 Å². The molecule has 1 unspecified atom stereocenters. The van der Waals surface area contributed by atoms with E-state index in [1.54, 1.807) is 0 Å². The maximum absolute atomic E-state index is 11.8. The highest BCUT2D eigenvalue weighted by Crippen LogP contribution is 2.25. The van der Waals surface area contributed by atoms with Gasteiger partial charge in [0.05, 0.1) is 6.54 Å². The second-order valence-corrected chi connectivity index (χ2v) is 6.57. The van der Waals surface area contributed by atoms with Crippen LogP contribution in [0.5, 0.6) is 0 Å². The average Bonchev–Trinajstić information content (AvgIpc) is 2.45. The Hall–Kier alpha value is -1.59. The van der Waals surface area contributed by atoms with Gasteiger partial charge in [-0.15, -0.1) is 0 Å². The van der Waals surface area contributed by atoms with E-state index < -0.39 is 17.9 Å². The van der Waals surface area contributed by atoms with Gasteiger partial charge in [0.1, 0.15) is 6.04 Å². The van der Waals surface area contributed by atoms with Gasteiger partial charge in [0, 0.05) is 6.42 Å². The highest BCUT2D eigenvalue weighted by molar-refractivity contribution is 5.87. The number of amides is 2. The molecule has 1 aliphatic rings. The monoisotopic (exact) mass is 312 g/mol. The molecule has 0 aliphatic heterocycles. The molecule has 22 heavy (non-hydrogen) atoms. The van der Waals surface area contributed by atoms with Crippen LogP contribution in [0.2, 0.25) is 0 Å². The van der Waals surface area contributed by atoms with Crippen LogP contribution in [0.25, 0.3) is 0 Å². The molecule has 1 rings (SSSR count). The van der Waals surface area contributed by atoms with Crippen LogP contribution in [0.3, 0.4) is 0 Å². The van der Waals surface area contributed by atoms with E-state index in [2.05, 4.69) is 10.6 Å². The van der Waals surface area contributed by atoms with Crippen LogP contribution < -0.4 is 10.6 Å². The molecule has 0 aromatic heterocycles. The number of hydrogen-bond acceptors (Lipinski definition) is 3. The van der Waals surface area contributed by atoms with E-state index in [0.717, 1.165) is 12.8 Å². The molecule has 1 aliphatic carbocycles. The molecule has 0 spiro atoms. The van der Waals surface area contributed by atoms with Crippen LogP contribution in [0.1, 0.15) is 58.8 Å². The predicted octanol–water partition coefficient (Wildman–Crippen LogP) is 1.69. The third-order valence-electron chi connectivity index (χ3n) is 3.99. The molecule has 0 saturated heterocycles. The maximum atomic E-state index is 11.8. The zero-order chi connectivity index (χ0) is 16.5. The average molecular weight is 312 g/mol. The summed E-state index contributed by atoms with van der Waals surface area (Å²) in [5.41, 5.74) is 0. The van der Waals surface area contributed by atoms with E-state index in [0.29, 0.717) is 18.8 Å². The number of carboxylic acid groups (broad SMARTS) is 1. The van der Waals surface area contributed by atoms with Crippen LogP contribution in [0.15, 0.2) is 0 Å². The van der Waals surface area contributed by atoms with Crippen LogP contribution >= 0.6 is 0 Å². The van der Waals surface area contributed by atoms with Crippen molar-refractivity contribution in [3.8, 4) is 0 Å². The number of rotatable bonds is 8. The van der Waals surface area contributed by atoms with Crippen molar-refractivity contribution < 1.29 is 19.5 Å². The highest BCUT2D eigenvalue weighted by Gasteiger charge is 2.22. The third-order valence-corrected chi connectivity index (χ3v) is 3.99. The number of carbonyl (C=O) groups is 3. The fraction of sp³-hybridized carbons (Fsp3) is 0.812. The zero-order valence-electron chi connectivity index (χ0n) is 13.6. The Labute approximate surface area is 132 Å². The van der Waals surface area contributed by atoms with Gasteiger partial charge in [-0.25, -0.2) is 4.79 Å². The minimum Gasteiger partial charge on any atom is -0.480 e. The van der Waals surface area contributed by atoms with Crippen molar-refractivity contribution >= 4 is 17.8 Å². The lowest BCUT2D eigenvalue weighted by atomic mass is 9.87. The summed E-state index contributed by atoms with van der Waals surface area (Å²) < 4.78 is 0. The summed E-state index contributed by atoms with van der Waals surface area (Å²) in [6.07, 6.45) is 6.58. The predicted molar refractivity (Wildman–Crippen MR) is 83.2 cm³/mol. The van der Waals surface area contributed by atoms with Gasteiger partial charge in [0.15, 0.2) is 0 Å². The Morgan fingerprint density at radius 1 is 1.09 bits per heavy atom. The summed E-state index contributed by atoms with van der Waals surface area (Å²) >= 11 is 0. The van der Waals surface area contributed by atoms with E-state index in [-0.39, 0.29) is 18.4 Å². The Kier molecular flexibility index (Phi) is 7.91. The van der Waals surface area contributed by atoms with E-state index in [1.165, 1.54) is 19.3 Å². The van der Waals surface area contributed by atoms with E-state index >= 15 is 0 Å². The molecule has 0 aromatic rings. The molecule has 3 N–H and O–H groups in total. The van der Waals surface area contributed by atoms with Crippen molar-refractivity contribution in [2.75, 3.05) is 6.54 Å². The zero-order valence-corrected chi connectivity index (χ0v) is 13.6. The summed E-state index contributed by atoms with van der Waals surface area (Å²) in [5.74, 6) is -1.04. The van der Waals surface area contributed by atoms with Crippen molar-refractivity contribution in [1.82, 2.24) is 10.6 Å². The second-order valence-electron chi connectivity index (χ2n) is 6.57. The fourth-order valence-corrected chi connectivity index (χ4v) is 2.84. The Bertz CT molecular complexity index is 390. The summed E-state index contributed by atoms with van der Waals surface area (Å²) in [5, 5.41) is 14.1. The number of hydrogen-bond donors (Lipinski definition) is 3. The van der Waals surface area contributed by atoms with Crippen molar-refractivity contribution in [2.45, 2.75) is 64.8 Å². The lowest BCUT2D eigenvalue weighted by Crippen LogP contribution is -2.46. The lowest BCUT2D eigenvalue weighted by Gasteiger charge is -2.21. The topological polar surface area (TPSA) is 95.5 Å². The Morgan fingerprint density at radius 2 is 1.73 bits per heavy atom. The highest BCUT2D eigenvalue weighted by atomic mass is 16.4. The maximum Gasteiger partial charge on any atom is 0.326 e. The van der Waals surface area contributed by atoms with Crippen molar-refractivity contribution in [3.63, 3.8) is 0 Å². The summed E-state index contributed by atoms with van der Waals surface area (Å²) in [6.45, 7) is 3.63. The van der Waals surface area contributed by atoms with Gasteiger partial charge in [0.2, 0.25) is 11.8 Å². The van der Waals surface area contributed by atoms with Gasteiger partial charge in [-0.05, 0) is 31.1 Å². The molecule has 0 bridgehead atoms. The molecule has 1 saturated carbocycles. The van der Waals surface area contributed by atoms with Gasteiger partial charge in [0.25, 0.3) is 0 Å². The quantitative estimate of drug-likeness (QED) is 0.635. The summed E-state index contributed by atoms with van der Waals surface area (Å²) in [6, 6.07) is -0.900. The van der Waals surface area contributed by atoms with E-state index in [9.17, 15) is 14.4 Å². The van der Waals surface area contributed by atoms with Crippen molar-refractivity contribution in [2.24, 2.45) is 11.8 Å². The minimum absolute atomic E-state index is 0.127. The van der Waals surface area contributed by atoms with Gasteiger partial charge >= 0.3 is 5.97 Å². The summed E-state index contributed by atoms with van der Waals surface area (Å²) in [7, 11) is 0. The molecule has 0 heterocycles. The first-order valence-electron chi connectivity index (χ1n) is 8.17. The molecular weight excluding hydrogens is 284 g/mol. The molecule has 6 heteroatoms. The molecule has 0 aromatic carbocycles. The van der Waals surface area contributed by atoms with Gasteiger partial charge in [-0.1, -0.05) is 33.1 Å². The van der Waals surface area contributed by atoms with Crippen molar-refractivity contribution in [3.05, 3.63) is 0 Å². The first kappa shape index (κ1) is 18.5. The standard InChI is InChI=1S/C16H28N2O4/c1-11(2)8-13(16(21)22)18-15(20)10-17-14(19)9-12-6-4-3-5-7-12/h11-13H,3-10H2,1-2H3,(H,17,19)(H,18,20)(H,21,22). The van der Waals surface area contributed by atoms with Crippen LogP contribution in [0.4, 0.5) is 0 Å². The van der Waals surface area contributed by atoms with Crippen LogP contribution in [-0.2, 0) is 14.4 Å². The first-order chi connectivity index (χ1) is 10.4. The second kappa shape index (κ2) is 9.43. The molecule has 2 amide bonds. The van der Waals surface area contributed by atoms with Crippen molar-refractivity contribution in [1.29, 1.82) is 0 Å². The molecule has 6 nitrogen and oxygen atoms in total. The Morgan fingerprint density at radius 3 is 2.27 bits per heavy atom. The van der Waals surface area contributed by atoms with Gasteiger partial charge < -0.3 is 15.7 Å². The van der Waals surface area contributed by atoms with Crippen LogP contribution in [-0.4, -0.2) is 35.5 Å². The Balaban J connectivity index is 2.28. The summed E-state index contributed by atoms with van der Waals surface area (Å²) in [4.78, 5) is 34.6. The first-order valence-corrected chi connectivity index (χ1v) is 8.17. The van der Waals surface area contributed by atoms with E-state index in [4.69, 9.17) is 5.11 Å². The number of aliphatic carboxylic acids is 1. The smallest absolute Gasteiger partial charge is 0.326 e. The molecule has 126 valence electrons. The van der Waals surface area contributed by atoms with E-state index in [1.807, 2.05) is 13.8 Å². The molecule has 0 radical (unpaired) electrons. The lowest BCUT2D eigenvalue weighted by molar-refractivity contribution is -0.142. The molecule has 1 fully saturated rings. The molecular formula is C16H28N2O4. The minimum atomic E-state index is -1.05. The third kappa shape index (κ3) is 7.43. The number of carbonyl (C=O) groups excluding carboxylic acids is 2. The largest absolute Gasteiger partial charge is 0.480 e. The normalized spacial score (nSPS) is 17.0. The van der Waals surface area contributed by atoms with Crippen LogP contribution in [0, 0.1) is 11.8 Å². The number of nitrogens with one attached hydrogen (secondary N) is 2. The molecule has 1 atom stereocenters.